The van der Waals surface area contributed by atoms with Crippen LogP contribution >= 0.6 is 0 Å². The molecule has 0 radical (unpaired) electrons. The molecular formula is C24H33FN2O3. The maximum atomic E-state index is 13.8. The highest BCUT2D eigenvalue weighted by atomic mass is 19.1. The Labute approximate surface area is 179 Å². The van der Waals surface area contributed by atoms with E-state index in [9.17, 15) is 4.39 Å². The molecule has 0 atom stereocenters. The molecular weight excluding hydrogens is 383 g/mol. The van der Waals surface area contributed by atoms with Gasteiger partial charge >= 0.3 is 0 Å². The van der Waals surface area contributed by atoms with Crippen LogP contribution in [0, 0.1) is 11.7 Å². The Balaban J connectivity index is 1.36. The van der Waals surface area contributed by atoms with Crippen LogP contribution in [-0.4, -0.2) is 52.4 Å². The summed E-state index contributed by atoms with van der Waals surface area (Å²) in [5, 5.41) is 3.33. The van der Waals surface area contributed by atoms with Crippen molar-refractivity contribution in [2.24, 2.45) is 5.92 Å². The van der Waals surface area contributed by atoms with Crippen LogP contribution in [0.5, 0.6) is 17.2 Å². The van der Waals surface area contributed by atoms with Gasteiger partial charge in [0.1, 0.15) is 0 Å². The molecule has 5 nitrogen and oxygen atoms in total. The highest BCUT2D eigenvalue weighted by molar-refractivity contribution is 5.47. The first-order valence-corrected chi connectivity index (χ1v) is 10.6. The summed E-state index contributed by atoms with van der Waals surface area (Å²) in [6.07, 6.45) is 4.54. The Morgan fingerprint density at radius 1 is 0.933 bits per heavy atom. The lowest BCUT2D eigenvalue weighted by Crippen LogP contribution is -2.35. The van der Waals surface area contributed by atoms with Gasteiger partial charge in [-0.05, 0) is 74.5 Å². The molecule has 2 aromatic rings. The molecule has 6 heteroatoms. The van der Waals surface area contributed by atoms with Gasteiger partial charge in [0.2, 0.25) is 0 Å². The van der Waals surface area contributed by atoms with Crippen LogP contribution in [0.25, 0.3) is 0 Å². The number of likely N-dealkylation sites (tertiary alicyclic amines) is 1. The normalized spacial score (nSPS) is 15.1. The smallest absolute Gasteiger partial charge is 0.167 e. The Bertz CT molecular complexity index is 807. The van der Waals surface area contributed by atoms with Gasteiger partial charge in [-0.15, -0.1) is 0 Å². The van der Waals surface area contributed by atoms with Crippen LogP contribution in [0.2, 0.25) is 0 Å². The molecule has 2 aromatic carbocycles. The zero-order valence-electron chi connectivity index (χ0n) is 18.2. The van der Waals surface area contributed by atoms with E-state index in [0.29, 0.717) is 0 Å². The van der Waals surface area contributed by atoms with Gasteiger partial charge in [0.25, 0.3) is 0 Å². The molecule has 0 unspecified atom stereocenters. The fourth-order valence-electron chi connectivity index (χ4n) is 4.02. The number of hydrogen-bond acceptors (Lipinski definition) is 5. The minimum Gasteiger partial charge on any atom is -0.494 e. The van der Waals surface area contributed by atoms with E-state index in [1.807, 2.05) is 12.1 Å². The first kappa shape index (κ1) is 22.2. The number of anilines is 1. The maximum absolute atomic E-state index is 13.8. The Morgan fingerprint density at radius 3 is 2.30 bits per heavy atom. The maximum Gasteiger partial charge on any atom is 0.167 e. The van der Waals surface area contributed by atoms with Crippen LogP contribution < -0.4 is 19.5 Å². The van der Waals surface area contributed by atoms with E-state index >= 15 is 0 Å². The van der Waals surface area contributed by atoms with Crippen LogP contribution in [-0.2, 0) is 6.42 Å². The summed E-state index contributed by atoms with van der Waals surface area (Å²) in [4.78, 5) is 2.54. The fourth-order valence-corrected chi connectivity index (χ4v) is 4.02. The largest absolute Gasteiger partial charge is 0.494 e. The predicted molar refractivity (Wildman–Crippen MR) is 118 cm³/mol. The summed E-state index contributed by atoms with van der Waals surface area (Å²) in [7, 11) is 4.81. The molecule has 0 saturated carbocycles. The molecule has 0 aliphatic carbocycles. The topological polar surface area (TPSA) is 43.0 Å². The molecule has 0 spiro atoms. The van der Waals surface area contributed by atoms with E-state index in [1.54, 1.807) is 20.3 Å². The van der Waals surface area contributed by atoms with E-state index in [1.165, 1.54) is 31.6 Å². The molecule has 1 aliphatic heterocycles. The molecule has 164 valence electrons. The second kappa shape index (κ2) is 11.1. The van der Waals surface area contributed by atoms with E-state index in [0.717, 1.165) is 62.1 Å². The fraction of sp³-hybridized carbons (Fsp3) is 0.500. The van der Waals surface area contributed by atoms with Crippen molar-refractivity contribution in [1.82, 2.24) is 4.90 Å². The van der Waals surface area contributed by atoms with Crippen molar-refractivity contribution in [2.75, 3.05) is 52.8 Å². The lowest BCUT2D eigenvalue weighted by Gasteiger charge is -2.32. The van der Waals surface area contributed by atoms with Crippen molar-refractivity contribution in [3.05, 3.63) is 47.8 Å². The van der Waals surface area contributed by atoms with Gasteiger partial charge in [0.15, 0.2) is 23.1 Å². The van der Waals surface area contributed by atoms with Gasteiger partial charge in [-0.1, -0.05) is 6.07 Å². The summed E-state index contributed by atoms with van der Waals surface area (Å²) >= 11 is 0. The van der Waals surface area contributed by atoms with E-state index in [-0.39, 0.29) is 11.6 Å². The lowest BCUT2D eigenvalue weighted by atomic mass is 9.93. The third kappa shape index (κ3) is 6.02. The van der Waals surface area contributed by atoms with E-state index in [2.05, 4.69) is 22.3 Å². The summed E-state index contributed by atoms with van der Waals surface area (Å²) in [6, 6.07) is 11.2. The molecule has 30 heavy (non-hydrogen) atoms. The molecule has 1 N–H and O–H groups in total. The third-order valence-corrected chi connectivity index (χ3v) is 5.91. The molecule has 1 fully saturated rings. The Hall–Kier alpha value is -2.47. The van der Waals surface area contributed by atoms with Crippen molar-refractivity contribution < 1.29 is 18.6 Å². The molecule has 1 aliphatic rings. The zero-order valence-corrected chi connectivity index (χ0v) is 18.2. The minimum atomic E-state index is -0.328. The van der Waals surface area contributed by atoms with Crippen LogP contribution in [0.4, 0.5) is 10.1 Å². The average Bonchev–Trinajstić information content (AvgIpc) is 2.78. The number of halogens is 1. The van der Waals surface area contributed by atoms with Gasteiger partial charge in [-0.3, -0.25) is 0 Å². The predicted octanol–water partition coefficient (Wildman–Crippen LogP) is 4.61. The van der Waals surface area contributed by atoms with Crippen LogP contribution in [0.15, 0.2) is 36.4 Å². The van der Waals surface area contributed by atoms with Crippen LogP contribution in [0.3, 0.4) is 0 Å². The first-order valence-electron chi connectivity index (χ1n) is 10.6. The Kier molecular flexibility index (Phi) is 8.20. The highest BCUT2D eigenvalue weighted by Gasteiger charge is 2.19. The summed E-state index contributed by atoms with van der Waals surface area (Å²) in [6.45, 7) is 4.19. The first-order chi connectivity index (χ1) is 14.6. The quantitative estimate of drug-likeness (QED) is 0.613. The third-order valence-electron chi connectivity index (χ3n) is 5.91. The summed E-state index contributed by atoms with van der Waals surface area (Å²) in [5.74, 6) is 2.23. The van der Waals surface area contributed by atoms with E-state index in [4.69, 9.17) is 14.2 Å². The summed E-state index contributed by atoms with van der Waals surface area (Å²) < 4.78 is 29.4. The van der Waals surface area contributed by atoms with Crippen molar-refractivity contribution in [1.29, 1.82) is 0 Å². The number of nitrogens with zero attached hydrogens (tertiary/aromatic N) is 1. The van der Waals surface area contributed by atoms with Gasteiger partial charge < -0.3 is 24.4 Å². The van der Waals surface area contributed by atoms with Gasteiger partial charge in [-0.25, -0.2) is 4.39 Å². The average molecular weight is 417 g/mol. The molecule has 1 saturated heterocycles. The second-order valence-corrected chi connectivity index (χ2v) is 7.79. The van der Waals surface area contributed by atoms with Crippen molar-refractivity contribution in [3.8, 4) is 17.2 Å². The number of ether oxygens (including phenoxy) is 3. The van der Waals surface area contributed by atoms with Crippen molar-refractivity contribution >= 4 is 5.69 Å². The second-order valence-electron chi connectivity index (χ2n) is 7.79. The number of methoxy groups -OCH3 is 3. The molecule has 0 aromatic heterocycles. The van der Waals surface area contributed by atoms with Crippen molar-refractivity contribution in [3.63, 3.8) is 0 Å². The molecule has 0 amide bonds. The SMILES string of the molecule is COc1ccc(NCCC2CCN(CCc3ccc(OC)c(OC)c3)CC2)cc1F. The monoisotopic (exact) mass is 416 g/mol. The molecule has 3 rings (SSSR count). The number of benzene rings is 2. The number of nitrogens with one attached hydrogen (secondary N) is 1. The minimum absolute atomic E-state index is 0.279. The van der Waals surface area contributed by atoms with Crippen molar-refractivity contribution in [2.45, 2.75) is 25.7 Å². The number of rotatable bonds is 10. The Morgan fingerprint density at radius 2 is 1.63 bits per heavy atom. The lowest BCUT2D eigenvalue weighted by molar-refractivity contribution is 0.183. The van der Waals surface area contributed by atoms with Crippen LogP contribution in [0.1, 0.15) is 24.8 Å². The molecule has 1 heterocycles. The van der Waals surface area contributed by atoms with Gasteiger partial charge in [-0.2, -0.15) is 0 Å². The van der Waals surface area contributed by atoms with Gasteiger partial charge in [0.05, 0.1) is 21.3 Å². The summed E-state index contributed by atoms with van der Waals surface area (Å²) in [5.41, 5.74) is 2.08. The number of hydrogen-bond donors (Lipinski definition) is 1. The standard InChI is InChI=1S/C24H33FN2O3/c1-28-22-7-5-20(17-21(22)25)26-12-8-18-9-13-27(14-10-18)15-11-19-4-6-23(29-2)24(16-19)30-3/h4-7,16-18,26H,8-15H2,1-3H3. The molecule has 0 bridgehead atoms. The number of piperidine rings is 1. The zero-order chi connectivity index (χ0) is 21.3. The van der Waals surface area contributed by atoms with E-state index < -0.39 is 0 Å². The highest BCUT2D eigenvalue weighted by Crippen LogP contribution is 2.28. The van der Waals surface area contributed by atoms with Gasteiger partial charge in [0, 0.05) is 24.8 Å².